The van der Waals surface area contributed by atoms with Crippen molar-refractivity contribution in [3.8, 4) is 17.4 Å². The van der Waals surface area contributed by atoms with Crippen molar-refractivity contribution in [3.63, 3.8) is 0 Å². The van der Waals surface area contributed by atoms with Crippen molar-refractivity contribution in [2.45, 2.75) is 13.0 Å². The lowest BCUT2D eigenvalue weighted by Crippen LogP contribution is -2.04. The largest absolute Gasteiger partial charge is 0.463 e. The molecule has 0 aliphatic heterocycles. The molecule has 7 nitrogen and oxygen atoms in total. The number of hydrogen-bond acceptors (Lipinski definition) is 6. The van der Waals surface area contributed by atoms with Gasteiger partial charge in [0.25, 0.3) is 0 Å². The third-order valence-corrected chi connectivity index (χ3v) is 3.38. The highest BCUT2D eigenvalue weighted by atomic mass is 35.5. The first-order valence-electron chi connectivity index (χ1n) is 7.17. The molecule has 130 valence electrons. The number of aromatic nitrogens is 5. The third-order valence-electron chi connectivity index (χ3n) is 3.07. The zero-order valence-corrected chi connectivity index (χ0v) is 13.5. The van der Waals surface area contributed by atoms with Gasteiger partial charge in [0.15, 0.2) is 0 Å². The van der Waals surface area contributed by atoms with Crippen LogP contribution in [0.2, 0.25) is 5.02 Å². The van der Waals surface area contributed by atoms with Gasteiger partial charge in [-0.3, -0.25) is 0 Å². The van der Waals surface area contributed by atoms with Crippen LogP contribution in [-0.2, 0) is 6.42 Å². The van der Waals surface area contributed by atoms with Crippen molar-refractivity contribution < 1.29 is 18.3 Å². The fourth-order valence-corrected chi connectivity index (χ4v) is 2.13. The van der Waals surface area contributed by atoms with E-state index < -0.39 is 6.61 Å². The average Bonchev–Trinajstić information content (AvgIpc) is 3.06. The van der Waals surface area contributed by atoms with Crippen molar-refractivity contribution >= 4 is 11.6 Å². The molecule has 0 radical (unpaired) electrons. The lowest BCUT2D eigenvalue weighted by Gasteiger charge is -2.08. The minimum absolute atomic E-state index is 0.0839. The molecule has 0 aliphatic carbocycles. The summed E-state index contributed by atoms with van der Waals surface area (Å²) in [6, 6.07) is 6.40. The maximum absolute atomic E-state index is 12.4. The maximum atomic E-state index is 12.4. The zero-order valence-electron chi connectivity index (χ0n) is 12.7. The minimum Gasteiger partial charge on any atom is -0.463 e. The minimum atomic E-state index is -2.96. The SMILES string of the molecule is FC(F)Oc1cc(-n2cc(CCOc3ncccn3)nn2)ccc1Cl. The van der Waals surface area contributed by atoms with Crippen LogP contribution in [0.1, 0.15) is 5.69 Å². The van der Waals surface area contributed by atoms with E-state index in [1.54, 1.807) is 30.7 Å². The Hall–Kier alpha value is -2.81. The summed E-state index contributed by atoms with van der Waals surface area (Å²) in [6.45, 7) is -2.64. The van der Waals surface area contributed by atoms with Gasteiger partial charge in [-0.2, -0.15) is 8.78 Å². The topological polar surface area (TPSA) is 75.0 Å². The normalized spacial score (nSPS) is 10.9. The van der Waals surface area contributed by atoms with E-state index in [9.17, 15) is 8.78 Å². The van der Waals surface area contributed by atoms with Crippen LogP contribution in [-0.4, -0.2) is 38.2 Å². The van der Waals surface area contributed by atoms with Crippen LogP contribution in [0.3, 0.4) is 0 Å². The standard InChI is InChI=1S/C15H12ClF2N5O2/c16-12-3-2-11(8-13(12)25-14(17)18)23-9-10(21-22-23)4-7-24-15-19-5-1-6-20-15/h1-3,5-6,8-9,14H,4,7H2. The molecule has 0 unspecified atom stereocenters. The average molecular weight is 368 g/mol. The second-order valence-electron chi connectivity index (χ2n) is 4.78. The number of hydrogen-bond donors (Lipinski definition) is 0. The van der Waals surface area contributed by atoms with E-state index in [0.717, 1.165) is 0 Å². The Labute approximate surface area is 146 Å². The zero-order chi connectivity index (χ0) is 17.6. The summed E-state index contributed by atoms with van der Waals surface area (Å²) in [5.41, 5.74) is 1.15. The van der Waals surface area contributed by atoms with E-state index in [1.165, 1.54) is 16.8 Å². The molecule has 3 aromatic rings. The van der Waals surface area contributed by atoms with Crippen LogP contribution in [0.5, 0.6) is 11.8 Å². The molecule has 2 aromatic heterocycles. The fraction of sp³-hybridized carbons (Fsp3) is 0.200. The molecule has 0 aliphatic rings. The third kappa shape index (κ3) is 4.60. The number of alkyl halides is 2. The Bertz CT molecular complexity index is 832. The molecule has 0 spiro atoms. The molecule has 0 saturated heterocycles. The van der Waals surface area contributed by atoms with Gasteiger partial charge in [0, 0.05) is 24.9 Å². The molecule has 10 heteroatoms. The first kappa shape index (κ1) is 17.0. The maximum Gasteiger partial charge on any atom is 0.387 e. The van der Waals surface area contributed by atoms with Gasteiger partial charge in [0.2, 0.25) is 0 Å². The highest BCUT2D eigenvalue weighted by molar-refractivity contribution is 6.32. The van der Waals surface area contributed by atoms with Gasteiger partial charge in [-0.05, 0) is 18.2 Å². The molecule has 3 rings (SSSR count). The monoisotopic (exact) mass is 367 g/mol. The van der Waals surface area contributed by atoms with Gasteiger partial charge in [-0.15, -0.1) is 5.10 Å². The molecule has 25 heavy (non-hydrogen) atoms. The van der Waals surface area contributed by atoms with Crippen LogP contribution in [0.15, 0.2) is 42.9 Å². The predicted molar refractivity (Wildman–Crippen MR) is 84.2 cm³/mol. The molecule has 0 saturated carbocycles. The Balaban J connectivity index is 1.65. The van der Waals surface area contributed by atoms with Crippen molar-refractivity contribution in [1.29, 1.82) is 0 Å². The van der Waals surface area contributed by atoms with Crippen LogP contribution in [0, 0.1) is 0 Å². The first-order valence-corrected chi connectivity index (χ1v) is 7.55. The Morgan fingerprint density at radius 1 is 1.20 bits per heavy atom. The van der Waals surface area contributed by atoms with Gasteiger partial charge < -0.3 is 9.47 Å². The Morgan fingerprint density at radius 2 is 2.00 bits per heavy atom. The highest BCUT2D eigenvalue weighted by Crippen LogP contribution is 2.28. The summed E-state index contributed by atoms with van der Waals surface area (Å²) in [7, 11) is 0. The lowest BCUT2D eigenvalue weighted by molar-refractivity contribution is -0.0497. The number of nitrogens with zero attached hydrogens (tertiary/aromatic N) is 5. The van der Waals surface area contributed by atoms with Gasteiger partial charge in [0.05, 0.1) is 29.2 Å². The second kappa shape index (κ2) is 7.84. The van der Waals surface area contributed by atoms with Crippen molar-refractivity contribution in [3.05, 3.63) is 53.6 Å². The molecule has 0 fully saturated rings. The van der Waals surface area contributed by atoms with E-state index in [2.05, 4.69) is 25.0 Å². The molecule has 0 amide bonds. The summed E-state index contributed by atoms with van der Waals surface area (Å²) in [5.74, 6) is -0.129. The molecule has 0 bridgehead atoms. The Kier molecular flexibility index (Phi) is 5.34. The number of rotatable bonds is 7. The van der Waals surface area contributed by atoms with E-state index in [1.807, 2.05) is 0 Å². The molecular weight excluding hydrogens is 356 g/mol. The first-order chi connectivity index (χ1) is 12.1. The summed E-state index contributed by atoms with van der Waals surface area (Å²) < 4.78 is 35.9. The fourth-order valence-electron chi connectivity index (χ4n) is 1.97. The molecule has 2 heterocycles. The Morgan fingerprint density at radius 3 is 2.76 bits per heavy atom. The summed E-state index contributed by atoms with van der Waals surface area (Å²) in [4.78, 5) is 7.88. The second-order valence-corrected chi connectivity index (χ2v) is 5.18. The summed E-state index contributed by atoms with van der Waals surface area (Å²) in [6.07, 6.45) is 5.30. The van der Waals surface area contributed by atoms with Crippen molar-refractivity contribution in [1.82, 2.24) is 25.0 Å². The predicted octanol–water partition coefficient (Wildman–Crippen LogP) is 2.93. The van der Waals surface area contributed by atoms with Crippen LogP contribution < -0.4 is 9.47 Å². The van der Waals surface area contributed by atoms with Gasteiger partial charge in [-0.1, -0.05) is 16.8 Å². The van der Waals surface area contributed by atoms with Gasteiger partial charge in [0.1, 0.15) is 5.75 Å². The summed E-state index contributed by atoms with van der Waals surface area (Å²) >= 11 is 5.83. The number of ether oxygens (including phenoxy) is 2. The van der Waals surface area contributed by atoms with Gasteiger partial charge >= 0.3 is 12.6 Å². The molecular formula is C15H12ClF2N5O2. The van der Waals surface area contributed by atoms with Crippen LogP contribution >= 0.6 is 11.6 Å². The molecule has 0 atom stereocenters. The summed E-state index contributed by atoms with van der Waals surface area (Å²) in [5, 5.41) is 8.05. The van der Waals surface area contributed by atoms with Crippen LogP contribution in [0.25, 0.3) is 5.69 Å². The van der Waals surface area contributed by atoms with Crippen molar-refractivity contribution in [2.75, 3.05) is 6.61 Å². The molecule has 1 aromatic carbocycles. The van der Waals surface area contributed by atoms with E-state index in [4.69, 9.17) is 16.3 Å². The van der Waals surface area contributed by atoms with Gasteiger partial charge in [-0.25, -0.2) is 14.6 Å². The van der Waals surface area contributed by atoms with E-state index in [-0.39, 0.29) is 16.8 Å². The highest BCUT2D eigenvalue weighted by Gasteiger charge is 2.11. The van der Waals surface area contributed by atoms with E-state index >= 15 is 0 Å². The van der Waals surface area contributed by atoms with E-state index in [0.29, 0.717) is 24.4 Å². The molecule has 0 N–H and O–H groups in total. The quantitative estimate of drug-likeness (QED) is 0.639. The number of benzene rings is 1. The lowest BCUT2D eigenvalue weighted by atomic mass is 10.3. The number of halogens is 3. The smallest absolute Gasteiger partial charge is 0.387 e. The van der Waals surface area contributed by atoms with Crippen molar-refractivity contribution in [2.24, 2.45) is 0 Å². The van der Waals surface area contributed by atoms with Crippen LogP contribution in [0.4, 0.5) is 8.78 Å².